The van der Waals surface area contributed by atoms with Crippen LogP contribution in [0.3, 0.4) is 0 Å². The van der Waals surface area contributed by atoms with Gasteiger partial charge in [-0.2, -0.15) is 0 Å². The largest absolute Gasteiger partial charge is 0.495 e. The van der Waals surface area contributed by atoms with Gasteiger partial charge >= 0.3 is 0 Å². The molecule has 0 unspecified atom stereocenters. The van der Waals surface area contributed by atoms with Crippen molar-refractivity contribution in [3.05, 3.63) is 83.9 Å². The number of carbonyl (C=O) groups is 1. The number of benzene rings is 3. The zero-order valence-corrected chi connectivity index (χ0v) is 17.2. The van der Waals surface area contributed by atoms with Crippen molar-refractivity contribution in [1.82, 2.24) is 0 Å². The monoisotopic (exact) mass is 410 g/mol. The first-order valence-electron chi connectivity index (χ1n) is 8.93. The highest BCUT2D eigenvalue weighted by molar-refractivity contribution is 7.92. The van der Waals surface area contributed by atoms with Crippen LogP contribution in [0.2, 0.25) is 0 Å². The normalized spacial score (nSPS) is 11.0. The van der Waals surface area contributed by atoms with Gasteiger partial charge in [-0.3, -0.25) is 9.10 Å². The number of rotatable bonds is 6. The van der Waals surface area contributed by atoms with Gasteiger partial charge in [0.15, 0.2) is 0 Å². The molecule has 6 nitrogen and oxygen atoms in total. The van der Waals surface area contributed by atoms with Gasteiger partial charge in [0.1, 0.15) is 5.75 Å². The Labute approximate surface area is 170 Å². The van der Waals surface area contributed by atoms with Crippen LogP contribution in [-0.2, 0) is 10.0 Å². The van der Waals surface area contributed by atoms with Crippen LogP contribution in [0, 0.1) is 6.92 Å². The zero-order valence-electron chi connectivity index (χ0n) is 16.4. The minimum absolute atomic E-state index is 0.0349. The van der Waals surface area contributed by atoms with Crippen LogP contribution < -0.4 is 14.4 Å². The summed E-state index contributed by atoms with van der Waals surface area (Å²) in [4.78, 5) is 12.8. The predicted molar refractivity (Wildman–Crippen MR) is 114 cm³/mol. The summed E-state index contributed by atoms with van der Waals surface area (Å²) in [6, 6.07) is 20.1. The van der Waals surface area contributed by atoms with Crippen LogP contribution in [0.25, 0.3) is 0 Å². The minimum atomic E-state index is -3.81. The van der Waals surface area contributed by atoms with E-state index in [9.17, 15) is 13.2 Å². The number of aryl methyl sites for hydroxylation is 1. The van der Waals surface area contributed by atoms with Gasteiger partial charge < -0.3 is 10.1 Å². The van der Waals surface area contributed by atoms with Crippen molar-refractivity contribution >= 4 is 27.3 Å². The molecule has 0 fully saturated rings. The van der Waals surface area contributed by atoms with E-state index in [4.69, 9.17) is 4.74 Å². The number of carbonyl (C=O) groups excluding carboxylic acids is 1. The van der Waals surface area contributed by atoms with E-state index in [1.54, 1.807) is 48.5 Å². The molecule has 3 aromatic carbocycles. The first kappa shape index (κ1) is 20.4. The molecule has 0 atom stereocenters. The van der Waals surface area contributed by atoms with Crippen LogP contribution in [-0.4, -0.2) is 28.5 Å². The molecular weight excluding hydrogens is 388 g/mol. The second kappa shape index (κ2) is 8.36. The number of hydrogen-bond donors (Lipinski definition) is 1. The zero-order chi connectivity index (χ0) is 21.0. The number of sulfonamides is 1. The Hall–Kier alpha value is -3.32. The van der Waals surface area contributed by atoms with Gasteiger partial charge in [0.25, 0.3) is 15.9 Å². The number of anilines is 2. The summed E-state index contributed by atoms with van der Waals surface area (Å²) in [7, 11) is -0.810. The fourth-order valence-corrected chi connectivity index (χ4v) is 4.09. The predicted octanol–water partition coefficient (Wildman–Crippen LogP) is 4.08. The Morgan fingerprint density at radius 1 is 0.966 bits per heavy atom. The molecule has 7 heteroatoms. The Balaban J connectivity index is 1.89. The molecule has 3 aromatic rings. The summed E-state index contributed by atoms with van der Waals surface area (Å²) in [6.07, 6.45) is 0. The topological polar surface area (TPSA) is 75.7 Å². The third-order valence-corrected chi connectivity index (χ3v) is 6.26. The molecule has 3 rings (SSSR count). The Bertz CT molecular complexity index is 1130. The molecule has 1 N–H and O–H groups in total. The van der Waals surface area contributed by atoms with Crippen molar-refractivity contribution in [1.29, 1.82) is 0 Å². The highest BCUT2D eigenvalue weighted by atomic mass is 32.2. The van der Waals surface area contributed by atoms with Crippen LogP contribution in [0.15, 0.2) is 77.7 Å². The molecule has 0 aliphatic rings. The number of methoxy groups -OCH3 is 1. The van der Waals surface area contributed by atoms with E-state index in [-0.39, 0.29) is 10.5 Å². The lowest BCUT2D eigenvalue weighted by Crippen LogP contribution is -2.26. The lowest BCUT2D eigenvalue weighted by molar-refractivity contribution is 0.102. The number of para-hydroxylation sites is 1. The quantitative estimate of drug-likeness (QED) is 0.664. The molecule has 0 spiro atoms. The summed E-state index contributed by atoms with van der Waals surface area (Å²) in [5.41, 5.74) is 2.25. The van der Waals surface area contributed by atoms with Gasteiger partial charge in [0.2, 0.25) is 0 Å². The van der Waals surface area contributed by atoms with Gasteiger partial charge in [-0.25, -0.2) is 8.42 Å². The van der Waals surface area contributed by atoms with Crippen molar-refractivity contribution < 1.29 is 17.9 Å². The summed E-state index contributed by atoms with van der Waals surface area (Å²) < 4.78 is 32.4. The average Bonchev–Trinajstić information content (AvgIpc) is 2.74. The van der Waals surface area contributed by atoms with Crippen LogP contribution in [0.5, 0.6) is 5.75 Å². The lowest BCUT2D eigenvalue weighted by Gasteiger charge is -2.19. The van der Waals surface area contributed by atoms with E-state index in [0.717, 1.165) is 5.56 Å². The number of nitrogens with zero attached hydrogens (tertiary/aromatic N) is 1. The maximum absolute atomic E-state index is 13.0. The minimum Gasteiger partial charge on any atom is -0.495 e. The first-order chi connectivity index (χ1) is 13.8. The molecule has 0 radical (unpaired) electrons. The van der Waals surface area contributed by atoms with Gasteiger partial charge in [0, 0.05) is 12.6 Å². The molecule has 0 aliphatic heterocycles. The second-order valence-electron chi connectivity index (χ2n) is 6.49. The molecule has 0 heterocycles. The fraction of sp³-hybridized carbons (Fsp3) is 0.136. The highest BCUT2D eigenvalue weighted by Crippen LogP contribution is 2.27. The van der Waals surface area contributed by atoms with Crippen LogP contribution in [0.4, 0.5) is 11.4 Å². The molecule has 0 aliphatic carbocycles. The van der Waals surface area contributed by atoms with E-state index in [2.05, 4.69) is 5.32 Å². The van der Waals surface area contributed by atoms with Gasteiger partial charge in [-0.1, -0.05) is 30.3 Å². The SMILES string of the molecule is COc1ccc(C)cc1NC(=O)c1cccc(S(=O)(=O)N(C)c2ccccc2)c1. The van der Waals surface area contributed by atoms with E-state index in [0.29, 0.717) is 17.1 Å². The molecule has 1 amide bonds. The third kappa shape index (κ3) is 4.41. The lowest BCUT2D eigenvalue weighted by atomic mass is 10.1. The van der Waals surface area contributed by atoms with Gasteiger partial charge in [-0.05, 0) is 55.0 Å². The number of amides is 1. The fourth-order valence-electron chi connectivity index (χ4n) is 2.85. The molecule has 0 bridgehead atoms. The average molecular weight is 410 g/mol. The van der Waals surface area contributed by atoms with E-state index in [1.807, 2.05) is 19.1 Å². The van der Waals surface area contributed by atoms with Crippen LogP contribution >= 0.6 is 0 Å². The molecule has 0 saturated heterocycles. The Morgan fingerprint density at radius 3 is 2.38 bits per heavy atom. The summed E-state index contributed by atoms with van der Waals surface area (Å²) in [5.74, 6) is 0.102. The van der Waals surface area contributed by atoms with Crippen molar-refractivity contribution in [2.24, 2.45) is 0 Å². The summed E-state index contributed by atoms with van der Waals surface area (Å²) >= 11 is 0. The Kier molecular flexibility index (Phi) is 5.89. The van der Waals surface area contributed by atoms with Crippen molar-refractivity contribution in [2.45, 2.75) is 11.8 Å². The van der Waals surface area contributed by atoms with E-state index in [1.165, 1.54) is 30.6 Å². The van der Waals surface area contributed by atoms with Crippen molar-refractivity contribution in [3.63, 3.8) is 0 Å². The molecule has 29 heavy (non-hydrogen) atoms. The summed E-state index contributed by atoms with van der Waals surface area (Å²) in [6.45, 7) is 1.90. The first-order valence-corrected chi connectivity index (χ1v) is 10.4. The maximum atomic E-state index is 13.0. The van der Waals surface area contributed by atoms with Crippen molar-refractivity contribution in [3.8, 4) is 5.75 Å². The van der Waals surface area contributed by atoms with E-state index < -0.39 is 15.9 Å². The molecule has 0 aromatic heterocycles. The number of ether oxygens (including phenoxy) is 1. The second-order valence-corrected chi connectivity index (χ2v) is 8.46. The Morgan fingerprint density at radius 2 is 1.69 bits per heavy atom. The molecule has 0 saturated carbocycles. The molecule has 150 valence electrons. The smallest absolute Gasteiger partial charge is 0.264 e. The number of nitrogens with one attached hydrogen (secondary N) is 1. The van der Waals surface area contributed by atoms with Crippen molar-refractivity contribution in [2.75, 3.05) is 23.8 Å². The maximum Gasteiger partial charge on any atom is 0.264 e. The third-order valence-electron chi connectivity index (χ3n) is 4.48. The van der Waals surface area contributed by atoms with Crippen LogP contribution in [0.1, 0.15) is 15.9 Å². The van der Waals surface area contributed by atoms with Gasteiger partial charge in [-0.15, -0.1) is 0 Å². The highest BCUT2D eigenvalue weighted by Gasteiger charge is 2.22. The summed E-state index contributed by atoms with van der Waals surface area (Å²) in [5, 5.41) is 2.79. The van der Waals surface area contributed by atoms with Gasteiger partial charge in [0.05, 0.1) is 23.4 Å². The standard InChI is InChI=1S/C22H22N2O4S/c1-16-12-13-21(28-3)20(14-16)23-22(25)17-8-7-11-19(15-17)29(26,27)24(2)18-9-5-4-6-10-18/h4-15H,1-3H3,(H,23,25). The number of hydrogen-bond acceptors (Lipinski definition) is 4. The van der Waals surface area contributed by atoms with E-state index >= 15 is 0 Å². The molecular formula is C22H22N2O4S.